The van der Waals surface area contributed by atoms with Crippen LogP contribution in [0.2, 0.25) is 0 Å². The van der Waals surface area contributed by atoms with E-state index < -0.39 is 0 Å². The molecule has 2 heterocycles. The smallest absolute Gasteiger partial charge is 0.105 e. The number of hydrogen-bond donors (Lipinski definition) is 1. The number of piperidine rings is 1. The Hall–Kier alpha value is -0.800. The van der Waals surface area contributed by atoms with Crippen molar-refractivity contribution in [1.82, 2.24) is 10.2 Å². The number of nitrogens with one attached hydrogen (secondary N) is 1. The van der Waals surface area contributed by atoms with Gasteiger partial charge in [0.15, 0.2) is 0 Å². The molecule has 2 rings (SSSR count). The van der Waals surface area contributed by atoms with Crippen LogP contribution in [0.15, 0.2) is 22.8 Å². The largest absolute Gasteiger partial charge is 0.469 e. The molecule has 0 saturated carbocycles. The number of hydrogen-bond acceptors (Lipinski definition) is 3. The van der Waals surface area contributed by atoms with Crippen LogP contribution < -0.4 is 5.32 Å². The van der Waals surface area contributed by atoms with Crippen LogP contribution in [-0.4, -0.2) is 36.6 Å². The average molecular weight is 236 g/mol. The van der Waals surface area contributed by atoms with Crippen molar-refractivity contribution >= 4 is 0 Å². The van der Waals surface area contributed by atoms with E-state index in [4.69, 9.17) is 4.42 Å². The summed E-state index contributed by atoms with van der Waals surface area (Å²) in [6, 6.07) is 5.20. The van der Waals surface area contributed by atoms with E-state index in [0.29, 0.717) is 12.1 Å². The molecule has 0 aliphatic carbocycles. The lowest BCUT2D eigenvalue weighted by Crippen LogP contribution is -2.45. The molecule has 17 heavy (non-hydrogen) atoms. The summed E-state index contributed by atoms with van der Waals surface area (Å²) in [7, 11) is 0. The van der Waals surface area contributed by atoms with Gasteiger partial charge in [0.1, 0.15) is 5.76 Å². The highest BCUT2D eigenvalue weighted by atomic mass is 16.3. The molecule has 3 heteroatoms. The Labute approximate surface area is 104 Å². The molecule has 1 N–H and O–H groups in total. The Morgan fingerprint density at radius 1 is 1.47 bits per heavy atom. The molecule has 1 atom stereocenters. The van der Waals surface area contributed by atoms with Crippen molar-refractivity contribution in [1.29, 1.82) is 0 Å². The van der Waals surface area contributed by atoms with E-state index in [1.54, 1.807) is 6.26 Å². The van der Waals surface area contributed by atoms with Crippen molar-refractivity contribution in [2.45, 2.75) is 45.2 Å². The zero-order chi connectivity index (χ0) is 12.1. The summed E-state index contributed by atoms with van der Waals surface area (Å²) in [6.45, 7) is 8.15. The van der Waals surface area contributed by atoms with Crippen LogP contribution in [0.5, 0.6) is 0 Å². The van der Waals surface area contributed by atoms with Gasteiger partial charge in [-0.2, -0.15) is 0 Å². The molecule has 0 aromatic carbocycles. The highest BCUT2D eigenvalue weighted by Gasteiger charge is 2.19. The Balaban J connectivity index is 1.70. The maximum atomic E-state index is 5.38. The second kappa shape index (κ2) is 6.22. The molecule has 0 radical (unpaired) electrons. The van der Waals surface area contributed by atoms with Gasteiger partial charge in [-0.3, -0.25) is 0 Å². The lowest BCUT2D eigenvalue weighted by molar-refractivity contribution is 0.199. The number of nitrogens with zero attached hydrogens (tertiary/aromatic N) is 1. The highest BCUT2D eigenvalue weighted by Crippen LogP contribution is 2.12. The van der Waals surface area contributed by atoms with Gasteiger partial charge in [-0.15, -0.1) is 0 Å². The minimum Gasteiger partial charge on any atom is -0.469 e. The molecular weight excluding hydrogens is 212 g/mol. The first-order valence-electron chi connectivity index (χ1n) is 6.78. The van der Waals surface area contributed by atoms with Crippen molar-refractivity contribution in [3.05, 3.63) is 24.2 Å². The average Bonchev–Trinajstić information content (AvgIpc) is 2.82. The van der Waals surface area contributed by atoms with Crippen LogP contribution in [0.4, 0.5) is 0 Å². The fourth-order valence-electron chi connectivity index (χ4n) is 2.61. The maximum Gasteiger partial charge on any atom is 0.105 e. The molecule has 96 valence electrons. The molecule has 1 saturated heterocycles. The first-order valence-corrected chi connectivity index (χ1v) is 6.78. The van der Waals surface area contributed by atoms with Gasteiger partial charge in [-0.1, -0.05) is 6.92 Å². The maximum absolute atomic E-state index is 5.38. The van der Waals surface area contributed by atoms with Gasteiger partial charge in [0.05, 0.1) is 6.26 Å². The van der Waals surface area contributed by atoms with Crippen molar-refractivity contribution in [3.8, 4) is 0 Å². The fraction of sp³-hybridized carbons (Fsp3) is 0.714. The topological polar surface area (TPSA) is 28.4 Å². The first-order chi connectivity index (χ1) is 8.28. The number of rotatable bonds is 5. The zero-order valence-electron chi connectivity index (χ0n) is 11.0. The summed E-state index contributed by atoms with van der Waals surface area (Å²) >= 11 is 0. The predicted molar refractivity (Wildman–Crippen MR) is 70.1 cm³/mol. The molecule has 0 bridgehead atoms. The molecule has 1 aromatic rings. The van der Waals surface area contributed by atoms with Crippen molar-refractivity contribution in [3.63, 3.8) is 0 Å². The van der Waals surface area contributed by atoms with E-state index in [2.05, 4.69) is 30.1 Å². The zero-order valence-corrected chi connectivity index (χ0v) is 11.0. The van der Waals surface area contributed by atoms with Crippen LogP contribution in [-0.2, 0) is 6.42 Å². The lowest BCUT2D eigenvalue weighted by Gasteiger charge is -2.33. The van der Waals surface area contributed by atoms with E-state index >= 15 is 0 Å². The van der Waals surface area contributed by atoms with E-state index in [-0.39, 0.29) is 0 Å². The first kappa shape index (κ1) is 12.7. The lowest BCUT2D eigenvalue weighted by atomic mass is 10.0. The van der Waals surface area contributed by atoms with Crippen molar-refractivity contribution < 1.29 is 4.42 Å². The normalized spacial score (nSPS) is 20.6. The Morgan fingerprint density at radius 2 is 2.24 bits per heavy atom. The van der Waals surface area contributed by atoms with Crippen LogP contribution in [0.25, 0.3) is 0 Å². The molecule has 1 unspecified atom stereocenters. The molecule has 3 nitrogen and oxygen atoms in total. The summed E-state index contributed by atoms with van der Waals surface area (Å²) in [5, 5.41) is 3.72. The molecular formula is C14H24N2O. The van der Waals surface area contributed by atoms with E-state index in [1.807, 2.05) is 6.07 Å². The Bertz CT molecular complexity index is 302. The molecule has 1 aliphatic heterocycles. The second-order valence-corrected chi connectivity index (χ2v) is 5.06. The van der Waals surface area contributed by atoms with E-state index in [0.717, 1.165) is 12.2 Å². The standard InChI is InChI=1S/C14H24N2O/c1-3-16-8-6-13(7-9-16)15-12(2)11-14-5-4-10-17-14/h4-5,10,12-13,15H,3,6-9,11H2,1-2H3. The van der Waals surface area contributed by atoms with Crippen LogP contribution in [0.3, 0.4) is 0 Å². The van der Waals surface area contributed by atoms with Gasteiger partial charge in [-0.25, -0.2) is 0 Å². The van der Waals surface area contributed by atoms with Gasteiger partial charge >= 0.3 is 0 Å². The Morgan fingerprint density at radius 3 is 2.82 bits per heavy atom. The Kier molecular flexibility index (Phi) is 4.63. The van der Waals surface area contributed by atoms with E-state index in [9.17, 15) is 0 Å². The van der Waals surface area contributed by atoms with Gasteiger partial charge in [0.2, 0.25) is 0 Å². The molecule has 0 amide bonds. The van der Waals surface area contributed by atoms with Gasteiger partial charge in [-0.05, 0) is 51.5 Å². The second-order valence-electron chi connectivity index (χ2n) is 5.06. The van der Waals surface area contributed by atoms with Crippen LogP contribution in [0, 0.1) is 0 Å². The van der Waals surface area contributed by atoms with Crippen LogP contribution in [0.1, 0.15) is 32.4 Å². The van der Waals surface area contributed by atoms with Gasteiger partial charge in [0.25, 0.3) is 0 Å². The molecule has 0 spiro atoms. The van der Waals surface area contributed by atoms with Crippen molar-refractivity contribution in [2.24, 2.45) is 0 Å². The monoisotopic (exact) mass is 236 g/mol. The third-order valence-electron chi connectivity index (χ3n) is 3.64. The van der Waals surface area contributed by atoms with Gasteiger partial charge < -0.3 is 14.6 Å². The van der Waals surface area contributed by atoms with E-state index in [1.165, 1.54) is 32.5 Å². The number of likely N-dealkylation sites (tertiary alicyclic amines) is 1. The quantitative estimate of drug-likeness (QED) is 0.850. The SMILES string of the molecule is CCN1CCC(NC(C)Cc2ccco2)CC1. The van der Waals surface area contributed by atoms with Crippen molar-refractivity contribution in [2.75, 3.05) is 19.6 Å². The number of furan rings is 1. The minimum absolute atomic E-state index is 0.499. The summed E-state index contributed by atoms with van der Waals surface area (Å²) in [6.07, 6.45) is 5.29. The minimum atomic E-state index is 0.499. The third-order valence-corrected chi connectivity index (χ3v) is 3.64. The summed E-state index contributed by atoms with van der Waals surface area (Å²) in [5.74, 6) is 1.08. The molecule has 1 aliphatic rings. The van der Waals surface area contributed by atoms with Crippen LogP contribution >= 0.6 is 0 Å². The summed E-state index contributed by atoms with van der Waals surface area (Å²) in [4.78, 5) is 2.52. The highest BCUT2D eigenvalue weighted by molar-refractivity contribution is 5.00. The summed E-state index contributed by atoms with van der Waals surface area (Å²) in [5.41, 5.74) is 0. The molecule has 1 aromatic heterocycles. The predicted octanol–water partition coefficient (Wildman–Crippen LogP) is 2.28. The summed E-state index contributed by atoms with van der Waals surface area (Å²) < 4.78 is 5.38. The molecule has 1 fully saturated rings. The fourth-order valence-corrected chi connectivity index (χ4v) is 2.61. The van der Waals surface area contributed by atoms with Gasteiger partial charge in [0, 0.05) is 18.5 Å². The third kappa shape index (κ3) is 3.86.